The highest BCUT2D eigenvalue weighted by molar-refractivity contribution is 8.76. The molecule has 0 saturated carbocycles. The Morgan fingerprint density at radius 1 is 1.11 bits per heavy atom. The maximum Gasteiger partial charge on any atom is 0.231 e. The molecule has 0 unspecified atom stereocenters. The molecule has 0 bridgehead atoms. The van der Waals surface area contributed by atoms with Gasteiger partial charge in [0.2, 0.25) is 12.3 Å². The van der Waals surface area contributed by atoms with Crippen molar-refractivity contribution in [3.63, 3.8) is 0 Å². The van der Waals surface area contributed by atoms with Crippen molar-refractivity contribution in [2.24, 2.45) is 0 Å². The maximum absolute atomic E-state index is 10.8. The van der Waals surface area contributed by atoms with E-state index in [4.69, 9.17) is 14.2 Å². The summed E-state index contributed by atoms with van der Waals surface area (Å²) in [5.74, 6) is 1.74. The van der Waals surface area contributed by atoms with Crippen molar-refractivity contribution in [3.8, 4) is 17.2 Å². The summed E-state index contributed by atoms with van der Waals surface area (Å²) in [6, 6.07) is 5.30. The van der Waals surface area contributed by atoms with Gasteiger partial charge in [-0.25, -0.2) is 4.98 Å². The number of ether oxygens (including phenoxy) is 3. The molecule has 1 heterocycles. The van der Waals surface area contributed by atoms with Crippen LogP contribution >= 0.6 is 21.6 Å². The lowest BCUT2D eigenvalue weighted by molar-refractivity contribution is -0.497. The second kappa shape index (κ2) is 12.4. The van der Waals surface area contributed by atoms with Gasteiger partial charge in [-0.2, -0.15) is 0 Å². The average Bonchev–Trinajstić information content (AvgIpc) is 2.72. The second-order valence-corrected chi connectivity index (χ2v) is 7.26. The van der Waals surface area contributed by atoms with Crippen LogP contribution in [0.1, 0.15) is 31.9 Å². The Hall–Kier alpha value is -2.13. The Bertz CT molecular complexity index is 787. The second-order valence-electron chi connectivity index (χ2n) is 5.10. The van der Waals surface area contributed by atoms with Gasteiger partial charge in [-0.05, 0) is 35.4 Å². The average molecular weight is 427 g/mol. The quantitative estimate of drug-likeness (QED) is 0.304. The fraction of sp³-hybridized carbons (Fsp3) is 0.421. The minimum Gasteiger partial charge on any atom is -0.493 e. The van der Waals surface area contributed by atoms with Crippen LogP contribution in [0.4, 0.5) is 0 Å². The molecule has 0 N–H and O–H groups in total. The van der Waals surface area contributed by atoms with Crippen molar-refractivity contribution in [3.05, 3.63) is 45.6 Å². The zero-order valence-electron chi connectivity index (χ0n) is 17.0. The van der Waals surface area contributed by atoms with Crippen LogP contribution in [0.15, 0.2) is 34.3 Å². The van der Waals surface area contributed by atoms with Crippen molar-refractivity contribution in [1.29, 1.82) is 0 Å². The minimum atomic E-state index is -0.358. The van der Waals surface area contributed by atoms with Crippen LogP contribution in [0.5, 0.6) is 17.2 Å². The summed E-state index contributed by atoms with van der Waals surface area (Å²) in [7, 11) is 7.56. The van der Waals surface area contributed by atoms with Crippen LogP contribution in [0, 0.1) is 10.1 Å². The Kier molecular flexibility index (Phi) is 10.5. The molecule has 154 valence electrons. The number of methoxy groups -OCH3 is 3. The van der Waals surface area contributed by atoms with E-state index in [-0.39, 0.29) is 11.5 Å². The van der Waals surface area contributed by atoms with E-state index in [0.717, 1.165) is 16.9 Å². The molecule has 1 aromatic carbocycles. The summed E-state index contributed by atoms with van der Waals surface area (Å²) < 4.78 is 16.4. The molecule has 9 heteroatoms. The van der Waals surface area contributed by atoms with Crippen molar-refractivity contribution in [2.45, 2.75) is 43.7 Å². The van der Waals surface area contributed by atoms with Gasteiger partial charge in [-0.3, -0.25) is 10.1 Å². The summed E-state index contributed by atoms with van der Waals surface area (Å²) in [6.45, 7) is 5.77. The van der Waals surface area contributed by atoms with E-state index in [9.17, 15) is 10.1 Å². The monoisotopic (exact) mass is 426 g/mol. The SMILES string of the molecule is CC.CCc1c(SSc2ncccc2C[N+](=O)[O-])cc(OC)c(OC)c1OC. The van der Waals surface area contributed by atoms with Gasteiger partial charge in [-0.1, -0.05) is 31.6 Å². The summed E-state index contributed by atoms with van der Waals surface area (Å²) >= 11 is 0. The van der Waals surface area contributed by atoms with Crippen LogP contribution in [0.25, 0.3) is 0 Å². The molecule has 2 aromatic rings. The molecule has 0 aliphatic heterocycles. The van der Waals surface area contributed by atoms with E-state index in [1.165, 1.54) is 21.6 Å². The van der Waals surface area contributed by atoms with Crippen molar-refractivity contribution in [2.75, 3.05) is 21.3 Å². The molecule has 28 heavy (non-hydrogen) atoms. The predicted molar refractivity (Wildman–Crippen MR) is 113 cm³/mol. The van der Waals surface area contributed by atoms with Gasteiger partial charge in [0.25, 0.3) is 0 Å². The third-order valence-electron chi connectivity index (χ3n) is 3.61. The number of nitrogens with zero attached hydrogens (tertiary/aromatic N) is 2. The van der Waals surface area contributed by atoms with Gasteiger partial charge in [0.15, 0.2) is 11.5 Å². The Balaban J connectivity index is 0.00000190. The van der Waals surface area contributed by atoms with E-state index in [2.05, 4.69) is 4.98 Å². The minimum absolute atomic E-state index is 0.257. The molecule has 0 saturated heterocycles. The third-order valence-corrected chi connectivity index (χ3v) is 6.02. The Labute approximate surface area is 173 Å². The van der Waals surface area contributed by atoms with E-state index in [0.29, 0.717) is 27.8 Å². The zero-order chi connectivity index (χ0) is 21.1. The summed E-state index contributed by atoms with van der Waals surface area (Å²) in [6.07, 6.45) is 2.36. The van der Waals surface area contributed by atoms with E-state index in [1.54, 1.807) is 39.7 Å². The van der Waals surface area contributed by atoms with Crippen molar-refractivity contribution < 1.29 is 19.1 Å². The number of rotatable bonds is 9. The first-order valence-electron chi connectivity index (χ1n) is 8.77. The highest BCUT2D eigenvalue weighted by Crippen LogP contribution is 2.49. The number of benzene rings is 1. The first-order chi connectivity index (χ1) is 13.5. The number of aromatic nitrogens is 1. The molecule has 7 nitrogen and oxygen atoms in total. The van der Waals surface area contributed by atoms with Gasteiger partial charge in [0.1, 0.15) is 5.03 Å². The lowest BCUT2D eigenvalue weighted by Crippen LogP contribution is -2.01. The lowest BCUT2D eigenvalue weighted by atomic mass is 10.1. The maximum atomic E-state index is 10.8. The van der Waals surface area contributed by atoms with Crippen molar-refractivity contribution in [1.82, 2.24) is 4.98 Å². The number of nitro groups is 1. The summed E-state index contributed by atoms with van der Waals surface area (Å²) in [5.41, 5.74) is 1.56. The molecule has 0 amide bonds. The van der Waals surface area contributed by atoms with Gasteiger partial charge in [0.05, 0.1) is 26.9 Å². The molecule has 0 aliphatic rings. The molecule has 0 fully saturated rings. The van der Waals surface area contributed by atoms with Gasteiger partial charge >= 0.3 is 0 Å². The highest BCUT2D eigenvalue weighted by atomic mass is 33.1. The van der Waals surface area contributed by atoms with Crippen LogP contribution in [0.3, 0.4) is 0 Å². The zero-order valence-corrected chi connectivity index (χ0v) is 18.6. The molecule has 2 rings (SSSR count). The summed E-state index contributed by atoms with van der Waals surface area (Å²) in [4.78, 5) is 15.7. The van der Waals surface area contributed by atoms with Crippen LogP contribution in [0.2, 0.25) is 0 Å². The Morgan fingerprint density at radius 3 is 2.32 bits per heavy atom. The smallest absolute Gasteiger partial charge is 0.231 e. The van der Waals surface area contributed by atoms with Crippen LogP contribution < -0.4 is 14.2 Å². The van der Waals surface area contributed by atoms with E-state index >= 15 is 0 Å². The Morgan fingerprint density at radius 2 is 1.79 bits per heavy atom. The number of pyridine rings is 1. The first-order valence-corrected chi connectivity index (χ1v) is 10.9. The van der Waals surface area contributed by atoms with Gasteiger partial charge < -0.3 is 14.2 Å². The number of hydrogen-bond donors (Lipinski definition) is 0. The predicted octanol–water partition coefficient (Wildman–Crippen LogP) is 5.27. The first kappa shape index (κ1) is 23.9. The van der Waals surface area contributed by atoms with Crippen LogP contribution in [-0.4, -0.2) is 31.2 Å². The lowest BCUT2D eigenvalue weighted by Gasteiger charge is -2.18. The molecule has 0 aliphatic carbocycles. The molecule has 0 radical (unpaired) electrons. The van der Waals surface area contributed by atoms with Gasteiger partial charge in [0, 0.05) is 21.6 Å². The normalized spacial score (nSPS) is 9.93. The third kappa shape index (κ3) is 5.93. The fourth-order valence-corrected chi connectivity index (χ4v) is 4.85. The molecule has 0 atom stereocenters. The van der Waals surface area contributed by atoms with E-state index in [1.807, 2.05) is 26.8 Å². The molecular formula is C19H26N2O5S2. The molecular weight excluding hydrogens is 400 g/mol. The van der Waals surface area contributed by atoms with Crippen LogP contribution in [-0.2, 0) is 13.0 Å². The largest absolute Gasteiger partial charge is 0.493 e. The number of hydrogen-bond acceptors (Lipinski definition) is 8. The highest BCUT2D eigenvalue weighted by Gasteiger charge is 2.21. The topological polar surface area (TPSA) is 83.7 Å². The fourth-order valence-electron chi connectivity index (χ4n) is 2.45. The molecule has 1 aromatic heterocycles. The molecule has 0 spiro atoms. The standard InChI is InChI=1S/C17H20N2O5S2.C2H6/c1-5-12-14(9-13(22-2)16(24-4)15(12)23-3)25-26-17-11(10-19(20)21)7-6-8-18-17;1-2/h6-9H,5,10H2,1-4H3;1-2H3. The summed E-state index contributed by atoms with van der Waals surface area (Å²) in [5, 5.41) is 11.5. The van der Waals surface area contributed by atoms with Crippen molar-refractivity contribution >= 4 is 21.6 Å². The van der Waals surface area contributed by atoms with Gasteiger partial charge in [-0.15, -0.1) is 0 Å². The van der Waals surface area contributed by atoms with E-state index < -0.39 is 0 Å².